The SMILES string of the molecule is CCOC(=O)CCCN1CCCc2ccccc21. The highest BCUT2D eigenvalue weighted by molar-refractivity contribution is 5.69. The predicted molar refractivity (Wildman–Crippen MR) is 72.8 cm³/mol. The molecule has 1 aromatic rings. The highest BCUT2D eigenvalue weighted by Gasteiger charge is 2.15. The van der Waals surface area contributed by atoms with Gasteiger partial charge in [-0.3, -0.25) is 4.79 Å². The molecule has 1 aromatic carbocycles. The number of fused-ring (bicyclic) bond motifs is 1. The van der Waals surface area contributed by atoms with Gasteiger partial charge in [0.25, 0.3) is 0 Å². The topological polar surface area (TPSA) is 29.5 Å². The van der Waals surface area contributed by atoms with Gasteiger partial charge in [-0.2, -0.15) is 0 Å². The molecule has 0 bridgehead atoms. The van der Waals surface area contributed by atoms with Crippen LogP contribution in [0.3, 0.4) is 0 Å². The van der Waals surface area contributed by atoms with Crippen molar-refractivity contribution in [1.82, 2.24) is 0 Å². The lowest BCUT2D eigenvalue weighted by molar-refractivity contribution is -0.143. The number of nitrogens with zero attached hydrogens (tertiary/aromatic N) is 1. The molecule has 1 heterocycles. The van der Waals surface area contributed by atoms with Crippen LogP contribution in [0, 0.1) is 0 Å². The van der Waals surface area contributed by atoms with Crippen molar-refractivity contribution in [3.05, 3.63) is 29.8 Å². The summed E-state index contributed by atoms with van der Waals surface area (Å²) in [7, 11) is 0. The van der Waals surface area contributed by atoms with Crippen molar-refractivity contribution >= 4 is 11.7 Å². The van der Waals surface area contributed by atoms with Crippen LogP contribution in [0.5, 0.6) is 0 Å². The fourth-order valence-electron chi connectivity index (χ4n) is 2.49. The zero-order valence-electron chi connectivity index (χ0n) is 11.0. The molecule has 3 heteroatoms. The van der Waals surface area contributed by atoms with Gasteiger partial charge in [0.15, 0.2) is 0 Å². The smallest absolute Gasteiger partial charge is 0.305 e. The summed E-state index contributed by atoms with van der Waals surface area (Å²) in [5.74, 6) is -0.0807. The lowest BCUT2D eigenvalue weighted by Crippen LogP contribution is -2.30. The minimum absolute atomic E-state index is 0.0807. The number of carbonyl (C=O) groups excluding carboxylic acids is 1. The van der Waals surface area contributed by atoms with E-state index in [1.54, 1.807) is 0 Å². The van der Waals surface area contributed by atoms with Crippen molar-refractivity contribution in [1.29, 1.82) is 0 Å². The van der Waals surface area contributed by atoms with E-state index >= 15 is 0 Å². The Morgan fingerprint density at radius 1 is 1.39 bits per heavy atom. The second-order valence-corrected chi connectivity index (χ2v) is 4.63. The Kier molecular flexibility index (Phi) is 4.62. The fraction of sp³-hybridized carbons (Fsp3) is 0.533. The molecule has 2 rings (SSSR count). The maximum absolute atomic E-state index is 11.3. The van der Waals surface area contributed by atoms with E-state index in [0.717, 1.165) is 19.5 Å². The molecule has 3 nitrogen and oxygen atoms in total. The van der Waals surface area contributed by atoms with Crippen LogP contribution in [-0.4, -0.2) is 25.7 Å². The minimum Gasteiger partial charge on any atom is -0.466 e. The Morgan fingerprint density at radius 3 is 3.06 bits per heavy atom. The molecular formula is C15H21NO2. The van der Waals surface area contributed by atoms with Crippen molar-refractivity contribution in [2.45, 2.75) is 32.6 Å². The Hall–Kier alpha value is -1.51. The van der Waals surface area contributed by atoms with Crippen LogP contribution in [0.4, 0.5) is 5.69 Å². The molecule has 0 radical (unpaired) electrons. The number of hydrogen-bond donors (Lipinski definition) is 0. The van der Waals surface area contributed by atoms with Crippen LogP contribution in [0.15, 0.2) is 24.3 Å². The van der Waals surface area contributed by atoms with Gasteiger partial charge in [-0.25, -0.2) is 0 Å². The van der Waals surface area contributed by atoms with Crippen LogP contribution < -0.4 is 4.90 Å². The fourth-order valence-corrected chi connectivity index (χ4v) is 2.49. The third kappa shape index (κ3) is 3.25. The Labute approximate surface area is 109 Å². The number of para-hydroxylation sites is 1. The van der Waals surface area contributed by atoms with E-state index in [0.29, 0.717) is 13.0 Å². The Bertz CT molecular complexity index is 403. The molecule has 0 spiro atoms. The van der Waals surface area contributed by atoms with Crippen LogP contribution >= 0.6 is 0 Å². The van der Waals surface area contributed by atoms with Gasteiger partial charge in [-0.15, -0.1) is 0 Å². The monoisotopic (exact) mass is 247 g/mol. The lowest BCUT2D eigenvalue weighted by atomic mass is 10.0. The Morgan fingerprint density at radius 2 is 2.22 bits per heavy atom. The third-order valence-corrected chi connectivity index (χ3v) is 3.32. The molecule has 98 valence electrons. The van der Waals surface area contributed by atoms with Crippen molar-refractivity contribution < 1.29 is 9.53 Å². The number of aryl methyl sites for hydroxylation is 1. The zero-order valence-corrected chi connectivity index (χ0v) is 11.0. The zero-order chi connectivity index (χ0) is 12.8. The molecule has 0 unspecified atom stereocenters. The van der Waals surface area contributed by atoms with Gasteiger partial charge in [-0.1, -0.05) is 18.2 Å². The molecule has 0 amide bonds. The second kappa shape index (κ2) is 6.43. The predicted octanol–water partition coefficient (Wildman–Crippen LogP) is 2.78. The molecule has 1 aliphatic heterocycles. The van der Waals surface area contributed by atoms with Gasteiger partial charge in [0.05, 0.1) is 6.61 Å². The van der Waals surface area contributed by atoms with E-state index in [2.05, 4.69) is 29.2 Å². The average molecular weight is 247 g/mol. The quantitative estimate of drug-likeness (QED) is 0.749. The number of esters is 1. The molecule has 0 aromatic heterocycles. The van der Waals surface area contributed by atoms with E-state index < -0.39 is 0 Å². The summed E-state index contributed by atoms with van der Waals surface area (Å²) in [6.07, 6.45) is 3.76. The second-order valence-electron chi connectivity index (χ2n) is 4.63. The molecule has 0 saturated heterocycles. The van der Waals surface area contributed by atoms with Crippen molar-refractivity contribution in [2.24, 2.45) is 0 Å². The van der Waals surface area contributed by atoms with Crippen LogP contribution in [0.2, 0.25) is 0 Å². The summed E-state index contributed by atoms with van der Waals surface area (Å²) >= 11 is 0. The van der Waals surface area contributed by atoms with Gasteiger partial charge < -0.3 is 9.64 Å². The lowest BCUT2D eigenvalue weighted by Gasteiger charge is -2.31. The van der Waals surface area contributed by atoms with Gasteiger partial charge in [-0.05, 0) is 37.8 Å². The molecule has 0 saturated carbocycles. The summed E-state index contributed by atoms with van der Waals surface area (Å²) in [6.45, 7) is 4.36. The first kappa shape index (κ1) is 12.9. The summed E-state index contributed by atoms with van der Waals surface area (Å²) in [5, 5.41) is 0. The maximum atomic E-state index is 11.3. The van der Waals surface area contributed by atoms with Gasteiger partial charge in [0.2, 0.25) is 0 Å². The Balaban J connectivity index is 1.86. The molecule has 1 aliphatic rings. The third-order valence-electron chi connectivity index (χ3n) is 3.32. The largest absolute Gasteiger partial charge is 0.466 e. The number of benzene rings is 1. The van der Waals surface area contributed by atoms with E-state index in [9.17, 15) is 4.79 Å². The van der Waals surface area contributed by atoms with Crippen LogP contribution in [-0.2, 0) is 16.0 Å². The first-order valence-electron chi connectivity index (χ1n) is 6.79. The summed E-state index contributed by atoms with van der Waals surface area (Å²) < 4.78 is 4.94. The number of ether oxygens (including phenoxy) is 1. The maximum Gasteiger partial charge on any atom is 0.305 e. The van der Waals surface area contributed by atoms with E-state index in [4.69, 9.17) is 4.74 Å². The molecule has 0 aliphatic carbocycles. The highest BCUT2D eigenvalue weighted by Crippen LogP contribution is 2.26. The average Bonchev–Trinajstić information content (AvgIpc) is 2.39. The highest BCUT2D eigenvalue weighted by atomic mass is 16.5. The van der Waals surface area contributed by atoms with E-state index in [1.165, 1.54) is 24.1 Å². The van der Waals surface area contributed by atoms with Crippen LogP contribution in [0.1, 0.15) is 31.7 Å². The molecule has 18 heavy (non-hydrogen) atoms. The normalized spacial score (nSPS) is 14.2. The summed E-state index contributed by atoms with van der Waals surface area (Å²) in [4.78, 5) is 13.7. The molecule has 0 fully saturated rings. The number of anilines is 1. The minimum atomic E-state index is -0.0807. The number of carbonyl (C=O) groups is 1. The first-order chi connectivity index (χ1) is 8.81. The summed E-state index contributed by atoms with van der Waals surface area (Å²) in [5.41, 5.74) is 2.77. The number of rotatable bonds is 5. The van der Waals surface area contributed by atoms with Crippen LogP contribution in [0.25, 0.3) is 0 Å². The standard InChI is InChI=1S/C15H21NO2/c1-2-18-15(17)10-6-12-16-11-5-8-13-7-3-4-9-14(13)16/h3-4,7,9H,2,5-6,8,10-12H2,1H3. The molecular weight excluding hydrogens is 226 g/mol. The van der Waals surface area contributed by atoms with Gasteiger partial charge >= 0.3 is 5.97 Å². The van der Waals surface area contributed by atoms with E-state index in [-0.39, 0.29) is 5.97 Å². The molecule has 0 N–H and O–H groups in total. The van der Waals surface area contributed by atoms with Crippen molar-refractivity contribution in [3.63, 3.8) is 0 Å². The van der Waals surface area contributed by atoms with Crippen molar-refractivity contribution in [2.75, 3.05) is 24.6 Å². The van der Waals surface area contributed by atoms with Gasteiger partial charge in [0.1, 0.15) is 0 Å². The first-order valence-corrected chi connectivity index (χ1v) is 6.79. The molecule has 0 atom stereocenters. The number of hydrogen-bond acceptors (Lipinski definition) is 3. The van der Waals surface area contributed by atoms with Gasteiger partial charge in [0, 0.05) is 25.2 Å². The van der Waals surface area contributed by atoms with Crippen molar-refractivity contribution in [3.8, 4) is 0 Å². The summed E-state index contributed by atoms with van der Waals surface area (Å²) in [6, 6.07) is 8.56. The van der Waals surface area contributed by atoms with E-state index in [1.807, 2.05) is 6.92 Å².